The van der Waals surface area contributed by atoms with Crippen LogP contribution in [0.3, 0.4) is 0 Å². The molecule has 0 saturated heterocycles. The summed E-state index contributed by atoms with van der Waals surface area (Å²) in [5.74, 6) is 0. The Morgan fingerprint density at radius 1 is 0.778 bits per heavy atom. The summed E-state index contributed by atoms with van der Waals surface area (Å²) < 4.78 is 0. The van der Waals surface area contributed by atoms with Crippen molar-refractivity contribution in [2.24, 2.45) is 21.5 Å². The van der Waals surface area contributed by atoms with Crippen molar-refractivity contribution in [1.82, 2.24) is 0 Å². The van der Waals surface area contributed by atoms with Crippen molar-refractivity contribution in [3.8, 4) is 11.1 Å². The molecule has 0 fully saturated rings. The van der Waals surface area contributed by atoms with Crippen LogP contribution in [0.25, 0.3) is 11.1 Å². The Labute approximate surface area is 169 Å². The Kier molecular flexibility index (Phi) is 6.17. The van der Waals surface area contributed by atoms with E-state index in [1.54, 1.807) is 0 Å². The van der Waals surface area contributed by atoms with Gasteiger partial charge < -0.3 is 11.5 Å². The van der Waals surface area contributed by atoms with Crippen LogP contribution in [0.2, 0.25) is 0 Å². The smallest absolute Gasteiger partial charge is 0.159 e. The summed E-state index contributed by atoms with van der Waals surface area (Å²) in [5, 5.41) is 1.22. The Bertz CT molecular complexity index is 901. The molecule has 0 aliphatic heterocycles. The van der Waals surface area contributed by atoms with Crippen LogP contribution >= 0.6 is 23.5 Å². The van der Waals surface area contributed by atoms with E-state index in [0.717, 1.165) is 16.2 Å². The maximum Gasteiger partial charge on any atom is 0.159 e. The first kappa shape index (κ1) is 19.8. The number of nitrogens with zero attached hydrogens (tertiary/aromatic N) is 2. The molecule has 2 aromatic carbocycles. The van der Waals surface area contributed by atoms with E-state index in [1.165, 1.54) is 45.8 Å². The van der Waals surface area contributed by atoms with E-state index in [-0.39, 0.29) is 12.1 Å². The van der Waals surface area contributed by atoms with E-state index >= 15 is 0 Å². The van der Waals surface area contributed by atoms with E-state index < -0.39 is 0 Å². The lowest BCUT2D eigenvalue weighted by molar-refractivity contribution is 0.837. The van der Waals surface area contributed by atoms with Gasteiger partial charge in [-0.3, -0.25) is 9.98 Å². The molecule has 0 unspecified atom stereocenters. The van der Waals surface area contributed by atoms with Crippen molar-refractivity contribution in [3.63, 3.8) is 0 Å². The van der Waals surface area contributed by atoms with Gasteiger partial charge in [0.2, 0.25) is 0 Å². The van der Waals surface area contributed by atoms with Crippen molar-refractivity contribution in [3.05, 3.63) is 47.5 Å². The Balaban J connectivity index is 1.82. The second-order valence-corrected chi connectivity index (χ2v) is 9.33. The van der Waals surface area contributed by atoms with Gasteiger partial charge in [-0.1, -0.05) is 35.7 Å². The Morgan fingerprint density at radius 3 is 1.93 bits per heavy atom. The maximum absolute atomic E-state index is 6.03. The van der Waals surface area contributed by atoms with Crippen molar-refractivity contribution < 1.29 is 0 Å². The van der Waals surface area contributed by atoms with E-state index in [1.807, 2.05) is 27.7 Å². The first-order valence-corrected chi connectivity index (χ1v) is 10.7. The minimum atomic E-state index is 0.204. The molecule has 4 N–H and O–H groups in total. The molecule has 4 nitrogen and oxygen atoms in total. The third-order valence-corrected chi connectivity index (χ3v) is 5.65. The number of fused-ring (bicyclic) bond motifs is 3. The summed E-state index contributed by atoms with van der Waals surface area (Å²) in [7, 11) is 0. The highest BCUT2D eigenvalue weighted by molar-refractivity contribution is 8.14. The summed E-state index contributed by atoms with van der Waals surface area (Å²) in [4.78, 5) is 11.0. The van der Waals surface area contributed by atoms with Gasteiger partial charge in [0, 0.05) is 21.9 Å². The lowest BCUT2D eigenvalue weighted by Crippen LogP contribution is -2.09. The number of amidine groups is 2. The summed E-state index contributed by atoms with van der Waals surface area (Å²) in [5.41, 5.74) is 17.3. The Hall–Kier alpha value is -1.92. The molecule has 0 atom stereocenters. The van der Waals surface area contributed by atoms with Crippen LogP contribution in [0.1, 0.15) is 38.8 Å². The zero-order valence-corrected chi connectivity index (χ0v) is 17.8. The zero-order chi connectivity index (χ0) is 19.6. The maximum atomic E-state index is 6.03. The van der Waals surface area contributed by atoms with Gasteiger partial charge in [0.15, 0.2) is 10.3 Å². The molecule has 0 bridgehead atoms. The molecular weight excluding hydrogens is 372 g/mol. The van der Waals surface area contributed by atoms with Gasteiger partial charge >= 0.3 is 0 Å². The van der Waals surface area contributed by atoms with Gasteiger partial charge in [0.05, 0.1) is 0 Å². The van der Waals surface area contributed by atoms with Crippen molar-refractivity contribution in [2.75, 3.05) is 0 Å². The quantitative estimate of drug-likeness (QED) is 0.373. The number of nitrogens with two attached hydrogens (primary N) is 2. The fraction of sp³-hybridized carbons (Fsp3) is 0.333. The number of rotatable bonds is 4. The molecule has 0 spiro atoms. The molecule has 142 valence electrons. The van der Waals surface area contributed by atoms with Crippen LogP contribution in [0.15, 0.2) is 56.2 Å². The molecule has 27 heavy (non-hydrogen) atoms. The van der Waals surface area contributed by atoms with Crippen LogP contribution in [-0.2, 0) is 6.42 Å². The van der Waals surface area contributed by atoms with E-state index in [2.05, 4.69) is 46.4 Å². The normalized spacial score (nSPS) is 14.0. The summed E-state index contributed by atoms with van der Waals surface area (Å²) in [6, 6.07) is 13.5. The Morgan fingerprint density at radius 2 is 1.33 bits per heavy atom. The van der Waals surface area contributed by atoms with Crippen LogP contribution < -0.4 is 11.5 Å². The first-order chi connectivity index (χ1) is 12.8. The average Bonchev–Trinajstić information content (AvgIpc) is 2.90. The number of benzene rings is 2. The fourth-order valence-electron chi connectivity index (χ4n) is 3.07. The lowest BCUT2D eigenvalue weighted by Gasteiger charge is -2.07. The topological polar surface area (TPSA) is 76.8 Å². The van der Waals surface area contributed by atoms with Gasteiger partial charge in [-0.05, 0) is 80.6 Å². The van der Waals surface area contributed by atoms with E-state index in [0.29, 0.717) is 10.3 Å². The number of thioether (sulfide) groups is 2. The summed E-state index contributed by atoms with van der Waals surface area (Å²) in [6.07, 6.45) is 0.945. The van der Waals surface area contributed by atoms with Gasteiger partial charge in [-0.15, -0.1) is 0 Å². The van der Waals surface area contributed by atoms with Gasteiger partial charge in [0.1, 0.15) is 0 Å². The summed E-state index contributed by atoms with van der Waals surface area (Å²) in [6.45, 7) is 8.11. The van der Waals surface area contributed by atoms with Crippen molar-refractivity contribution in [2.45, 2.75) is 56.0 Å². The third-order valence-electron chi connectivity index (χ3n) is 4.04. The molecule has 2 aromatic rings. The standard InChI is InChI=1S/C21H26N4S2/c1-12(2)24-20(22)26-16-7-8-18-15(10-16)9-14-5-6-17(11-19(14)18)27-21(23)25-13(3)4/h5-8,10-13H,9H2,1-4H3,(H2,22,24)(H2,23,25). The summed E-state index contributed by atoms with van der Waals surface area (Å²) >= 11 is 3.05. The fourth-order valence-corrected chi connectivity index (χ4v) is 4.74. The van der Waals surface area contributed by atoms with Crippen LogP contribution in [-0.4, -0.2) is 22.4 Å². The highest BCUT2D eigenvalue weighted by Crippen LogP contribution is 2.40. The number of aliphatic imine (C=N–C) groups is 2. The molecule has 0 saturated carbocycles. The first-order valence-electron chi connectivity index (χ1n) is 9.10. The molecule has 3 rings (SSSR count). The molecule has 1 aliphatic rings. The van der Waals surface area contributed by atoms with Crippen LogP contribution in [0, 0.1) is 0 Å². The molecule has 0 aromatic heterocycles. The van der Waals surface area contributed by atoms with Crippen molar-refractivity contribution in [1.29, 1.82) is 0 Å². The molecule has 0 amide bonds. The van der Waals surface area contributed by atoms with E-state index in [9.17, 15) is 0 Å². The third kappa shape index (κ3) is 5.08. The van der Waals surface area contributed by atoms with Gasteiger partial charge in [-0.2, -0.15) is 0 Å². The molecule has 0 heterocycles. The predicted molar refractivity (Wildman–Crippen MR) is 120 cm³/mol. The SMILES string of the molecule is CC(C)N=C(N)Sc1ccc2c(c1)Cc1ccc(SC(N)=NC(C)C)cc1-2. The number of hydrogen-bond donors (Lipinski definition) is 2. The van der Waals surface area contributed by atoms with E-state index in [4.69, 9.17) is 11.5 Å². The van der Waals surface area contributed by atoms with Crippen LogP contribution in [0.4, 0.5) is 0 Å². The largest absolute Gasteiger partial charge is 0.378 e. The van der Waals surface area contributed by atoms with Crippen LogP contribution in [0.5, 0.6) is 0 Å². The zero-order valence-electron chi connectivity index (χ0n) is 16.2. The average molecular weight is 399 g/mol. The molecule has 1 aliphatic carbocycles. The molecular formula is C21H26N4S2. The van der Waals surface area contributed by atoms with Gasteiger partial charge in [0.25, 0.3) is 0 Å². The number of hydrogen-bond acceptors (Lipinski definition) is 4. The van der Waals surface area contributed by atoms with Crippen molar-refractivity contribution >= 4 is 33.9 Å². The lowest BCUT2D eigenvalue weighted by atomic mass is 10.1. The molecule has 6 heteroatoms. The minimum Gasteiger partial charge on any atom is -0.378 e. The second kappa shape index (κ2) is 8.40. The molecule has 0 radical (unpaired) electrons. The minimum absolute atomic E-state index is 0.204. The highest BCUT2D eigenvalue weighted by Gasteiger charge is 2.19. The monoisotopic (exact) mass is 398 g/mol. The highest BCUT2D eigenvalue weighted by atomic mass is 32.2. The predicted octanol–water partition coefficient (Wildman–Crippen LogP) is 4.89. The van der Waals surface area contributed by atoms with Gasteiger partial charge in [-0.25, -0.2) is 0 Å². The second-order valence-electron chi connectivity index (χ2n) is 7.14.